The fourth-order valence-corrected chi connectivity index (χ4v) is 4.63. The lowest BCUT2D eigenvalue weighted by Gasteiger charge is -2.24. The van der Waals surface area contributed by atoms with E-state index in [0.717, 1.165) is 20.3 Å². The molecule has 2 aromatic carbocycles. The Morgan fingerprint density at radius 1 is 1.07 bits per heavy atom. The van der Waals surface area contributed by atoms with Crippen molar-refractivity contribution in [3.63, 3.8) is 0 Å². The molecule has 1 N–H and O–H groups in total. The van der Waals surface area contributed by atoms with Crippen molar-refractivity contribution in [2.45, 2.75) is 18.7 Å². The molecule has 3 rings (SSSR count). The second-order valence-corrected chi connectivity index (χ2v) is 9.31. The van der Waals surface area contributed by atoms with Crippen LogP contribution in [0.1, 0.15) is 16.0 Å². The van der Waals surface area contributed by atoms with Gasteiger partial charge in [0.15, 0.2) is 0 Å². The minimum atomic E-state index is -3.93. The lowest BCUT2D eigenvalue weighted by molar-refractivity contribution is -0.119. The van der Waals surface area contributed by atoms with Crippen molar-refractivity contribution < 1.29 is 13.2 Å². The third kappa shape index (κ3) is 5.30. The number of hydrazone groups is 1. The molecule has 3 aromatic rings. The van der Waals surface area contributed by atoms with E-state index in [1.165, 1.54) is 17.6 Å². The summed E-state index contributed by atoms with van der Waals surface area (Å²) in [5, 5.41) is 5.81. The monoisotopic (exact) mass is 427 g/mol. The minimum absolute atomic E-state index is 0.125. The summed E-state index contributed by atoms with van der Waals surface area (Å²) >= 11 is 1.48. The molecule has 0 aliphatic heterocycles. The Bertz CT molecular complexity index is 1110. The number of sulfonamides is 1. The van der Waals surface area contributed by atoms with E-state index < -0.39 is 15.9 Å². The SMILES string of the molecule is Cc1ccc(S(=O)(=O)N(CC(=O)N/N=C\c2cccs2)c2cccc(C)c2)cc1. The van der Waals surface area contributed by atoms with Crippen LogP contribution in [0.5, 0.6) is 0 Å². The summed E-state index contributed by atoms with van der Waals surface area (Å²) in [6, 6.07) is 17.3. The number of hydrogen-bond acceptors (Lipinski definition) is 5. The summed E-state index contributed by atoms with van der Waals surface area (Å²) in [6.07, 6.45) is 1.52. The number of amides is 1. The van der Waals surface area contributed by atoms with Gasteiger partial charge in [-0.2, -0.15) is 5.10 Å². The van der Waals surface area contributed by atoms with E-state index in [9.17, 15) is 13.2 Å². The van der Waals surface area contributed by atoms with Crippen LogP contribution in [-0.4, -0.2) is 27.1 Å². The Morgan fingerprint density at radius 2 is 1.83 bits per heavy atom. The third-order valence-electron chi connectivity index (χ3n) is 4.11. The van der Waals surface area contributed by atoms with E-state index in [-0.39, 0.29) is 11.4 Å². The Morgan fingerprint density at radius 3 is 2.48 bits per heavy atom. The Labute approximate surface area is 174 Å². The molecule has 0 saturated carbocycles. The first-order valence-electron chi connectivity index (χ1n) is 8.88. The topological polar surface area (TPSA) is 78.8 Å². The number of rotatable bonds is 7. The normalized spacial score (nSPS) is 11.5. The number of thiophene rings is 1. The van der Waals surface area contributed by atoms with Gasteiger partial charge in [0.05, 0.1) is 16.8 Å². The number of aryl methyl sites for hydroxylation is 2. The summed E-state index contributed by atoms with van der Waals surface area (Å²) in [4.78, 5) is 13.5. The predicted octanol–water partition coefficient (Wildman–Crippen LogP) is 3.71. The van der Waals surface area contributed by atoms with Gasteiger partial charge in [-0.05, 0) is 55.1 Å². The van der Waals surface area contributed by atoms with Crippen molar-refractivity contribution in [1.82, 2.24) is 5.43 Å². The van der Waals surface area contributed by atoms with Gasteiger partial charge in [-0.25, -0.2) is 13.8 Å². The first-order valence-corrected chi connectivity index (χ1v) is 11.2. The van der Waals surface area contributed by atoms with Gasteiger partial charge in [0.25, 0.3) is 15.9 Å². The van der Waals surface area contributed by atoms with Gasteiger partial charge in [0, 0.05) is 4.88 Å². The van der Waals surface area contributed by atoms with Crippen molar-refractivity contribution in [2.75, 3.05) is 10.8 Å². The second kappa shape index (κ2) is 9.02. The number of nitrogens with zero attached hydrogens (tertiary/aromatic N) is 2. The molecule has 0 unspecified atom stereocenters. The Hall–Kier alpha value is -2.97. The first-order chi connectivity index (χ1) is 13.9. The van der Waals surface area contributed by atoms with Crippen LogP contribution < -0.4 is 9.73 Å². The molecule has 0 aliphatic carbocycles. The average molecular weight is 428 g/mol. The summed E-state index contributed by atoms with van der Waals surface area (Å²) in [6.45, 7) is 3.36. The first kappa shape index (κ1) is 20.8. The molecule has 1 heterocycles. The van der Waals surface area contributed by atoms with E-state index in [1.54, 1.807) is 42.5 Å². The molecular formula is C21H21N3O3S2. The number of benzene rings is 2. The van der Waals surface area contributed by atoms with Gasteiger partial charge >= 0.3 is 0 Å². The number of carbonyl (C=O) groups is 1. The minimum Gasteiger partial charge on any atom is -0.271 e. The second-order valence-electron chi connectivity index (χ2n) is 6.47. The van der Waals surface area contributed by atoms with Gasteiger partial charge in [0.1, 0.15) is 6.54 Å². The fourth-order valence-electron chi connectivity index (χ4n) is 2.63. The number of anilines is 1. The molecule has 1 aromatic heterocycles. The van der Waals surface area contributed by atoms with E-state index in [0.29, 0.717) is 5.69 Å². The molecule has 0 radical (unpaired) electrons. The maximum Gasteiger partial charge on any atom is 0.264 e. The highest BCUT2D eigenvalue weighted by atomic mass is 32.2. The molecule has 0 atom stereocenters. The van der Waals surface area contributed by atoms with Gasteiger partial charge in [-0.3, -0.25) is 9.10 Å². The average Bonchev–Trinajstić information content (AvgIpc) is 3.20. The summed E-state index contributed by atoms with van der Waals surface area (Å²) in [7, 11) is -3.93. The van der Waals surface area contributed by atoms with E-state index in [1.807, 2.05) is 37.4 Å². The maximum atomic E-state index is 13.3. The van der Waals surface area contributed by atoms with Gasteiger partial charge in [-0.15, -0.1) is 11.3 Å². The van der Waals surface area contributed by atoms with Crippen molar-refractivity contribution in [3.8, 4) is 0 Å². The van der Waals surface area contributed by atoms with E-state index in [2.05, 4.69) is 10.5 Å². The lowest BCUT2D eigenvalue weighted by atomic mass is 10.2. The molecule has 29 heavy (non-hydrogen) atoms. The van der Waals surface area contributed by atoms with Crippen molar-refractivity contribution >= 4 is 39.2 Å². The molecule has 0 aliphatic rings. The molecule has 8 heteroatoms. The third-order valence-corrected chi connectivity index (χ3v) is 6.71. The maximum absolute atomic E-state index is 13.3. The zero-order valence-electron chi connectivity index (χ0n) is 16.1. The summed E-state index contributed by atoms with van der Waals surface area (Å²) < 4.78 is 27.6. The lowest BCUT2D eigenvalue weighted by Crippen LogP contribution is -2.39. The van der Waals surface area contributed by atoms with Crippen LogP contribution in [0.2, 0.25) is 0 Å². The van der Waals surface area contributed by atoms with Crippen LogP contribution in [0.4, 0.5) is 5.69 Å². The Balaban J connectivity index is 1.87. The number of carbonyl (C=O) groups excluding carboxylic acids is 1. The summed E-state index contributed by atoms with van der Waals surface area (Å²) in [5.74, 6) is -0.532. The van der Waals surface area contributed by atoms with Gasteiger partial charge in [0.2, 0.25) is 0 Å². The molecule has 0 spiro atoms. The number of nitrogens with one attached hydrogen (secondary N) is 1. The van der Waals surface area contributed by atoms with E-state index in [4.69, 9.17) is 0 Å². The summed E-state index contributed by atoms with van der Waals surface area (Å²) in [5.41, 5.74) is 4.66. The largest absolute Gasteiger partial charge is 0.271 e. The molecule has 1 amide bonds. The molecule has 0 bridgehead atoms. The molecular weight excluding hydrogens is 406 g/mol. The zero-order chi connectivity index (χ0) is 20.9. The van der Waals surface area contributed by atoms with Gasteiger partial charge < -0.3 is 0 Å². The number of hydrogen-bond donors (Lipinski definition) is 1. The van der Waals surface area contributed by atoms with Crippen LogP contribution in [0, 0.1) is 13.8 Å². The molecule has 0 fully saturated rings. The van der Waals surface area contributed by atoms with Crippen LogP contribution in [0.15, 0.2) is 76.0 Å². The zero-order valence-corrected chi connectivity index (χ0v) is 17.7. The highest BCUT2D eigenvalue weighted by Crippen LogP contribution is 2.24. The quantitative estimate of drug-likeness (QED) is 0.461. The van der Waals surface area contributed by atoms with Crippen LogP contribution >= 0.6 is 11.3 Å². The van der Waals surface area contributed by atoms with Gasteiger partial charge in [-0.1, -0.05) is 35.9 Å². The molecule has 6 nitrogen and oxygen atoms in total. The van der Waals surface area contributed by atoms with Crippen molar-refractivity contribution in [1.29, 1.82) is 0 Å². The van der Waals surface area contributed by atoms with Crippen LogP contribution in [-0.2, 0) is 14.8 Å². The van der Waals surface area contributed by atoms with Crippen molar-refractivity contribution in [2.24, 2.45) is 5.10 Å². The highest BCUT2D eigenvalue weighted by Gasteiger charge is 2.27. The fraction of sp³-hybridized carbons (Fsp3) is 0.143. The van der Waals surface area contributed by atoms with Crippen LogP contribution in [0.25, 0.3) is 0 Å². The molecule has 0 saturated heterocycles. The molecule has 150 valence electrons. The smallest absolute Gasteiger partial charge is 0.264 e. The highest BCUT2D eigenvalue weighted by molar-refractivity contribution is 7.92. The van der Waals surface area contributed by atoms with Crippen molar-refractivity contribution in [3.05, 3.63) is 82.0 Å². The van der Waals surface area contributed by atoms with E-state index >= 15 is 0 Å². The predicted molar refractivity (Wildman–Crippen MR) is 117 cm³/mol. The van der Waals surface area contributed by atoms with Crippen LogP contribution in [0.3, 0.4) is 0 Å². The standard InChI is InChI=1S/C21H21N3O3S2/c1-16-8-10-20(11-9-16)29(26,27)24(18-6-3-5-17(2)13-18)15-21(25)23-22-14-19-7-4-12-28-19/h3-14H,15H2,1-2H3,(H,23,25)/b22-14-. The Kier molecular flexibility index (Phi) is 6.46.